The third kappa shape index (κ3) is 5.43. The minimum Gasteiger partial charge on any atom is -0.462 e. The molecule has 4 rings (SSSR count). The van der Waals surface area contributed by atoms with Crippen LogP contribution in [0.4, 0.5) is 8.78 Å². The first kappa shape index (κ1) is 25.8. The summed E-state index contributed by atoms with van der Waals surface area (Å²) in [6.07, 6.45) is 6.60. The second kappa shape index (κ2) is 10.0. The van der Waals surface area contributed by atoms with Crippen molar-refractivity contribution in [2.24, 2.45) is 0 Å². The summed E-state index contributed by atoms with van der Waals surface area (Å²) in [5.41, 5.74) is 6.62. The molecule has 3 aromatic rings. The van der Waals surface area contributed by atoms with E-state index in [0.29, 0.717) is 24.2 Å². The van der Waals surface area contributed by atoms with Crippen molar-refractivity contribution in [3.05, 3.63) is 105 Å². The molecule has 3 aromatic carbocycles. The van der Waals surface area contributed by atoms with E-state index in [0.717, 1.165) is 35.6 Å². The molecule has 2 nitrogen and oxygen atoms in total. The van der Waals surface area contributed by atoms with Gasteiger partial charge in [0.25, 0.3) is 0 Å². The Kier molecular flexibility index (Phi) is 7.17. The number of carbonyl (C=O) groups is 1. The summed E-state index contributed by atoms with van der Waals surface area (Å²) in [5, 5.41) is 0. The zero-order chi connectivity index (χ0) is 26.1. The Labute approximate surface area is 213 Å². The number of ether oxygens (including phenoxy) is 1. The summed E-state index contributed by atoms with van der Waals surface area (Å²) < 4.78 is 33.2. The zero-order valence-electron chi connectivity index (χ0n) is 21.8. The van der Waals surface area contributed by atoms with Crippen LogP contribution in [0.3, 0.4) is 0 Å². The van der Waals surface area contributed by atoms with Crippen molar-refractivity contribution in [1.82, 2.24) is 0 Å². The van der Waals surface area contributed by atoms with Crippen molar-refractivity contribution in [2.75, 3.05) is 6.61 Å². The maximum absolute atomic E-state index is 14.6. The van der Waals surface area contributed by atoms with Crippen molar-refractivity contribution < 1.29 is 18.3 Å². The van der Waals surface area contributed by atoms with Crippen LogP contribution in [0.2, 0.25) is 0 Å². The number of hydrogen-bond acceptors (Lipinski definition) is 2. The molecular weight excluding hydrogens is 454 g/mol. The van der Waals surface area contributed by atoms with E-state index in [9.17, 15) is 13.6 Å². The molecule has 0 aliphatic heterocycles. The van der Waals surface area contributed by atoms with E-state index < -0.39 is 11.6 Å². The molecule has 0 saturated carbocycles. The van der Waals surface area contributed by atoms with Crippen LogP contribution in [0, 0.1) is 11.6 Å². The zero-order valence-corrected chi connectivity index (χ0v) is 21.8. The first-order valence-electron chi connectivity index (χ1n) is 12.6. The third-order valence-corrected chi connectivity index (χ3v) is 7.39. The molecule has 0 unspecified atom stereocenters. The second-order valence-corrected chi connectivity index (χ2v) is 11.0. The summed E-state index contributed by atoms with van der Waals surface area (Å²) in [6, 6.07) is 15.5. The lowest BCUT2D eigenvalue weighted by molar-refractivity contribution is 0.0526. The fraction of sp³-hybridized carbons (Fsp3) is 0.344. The summed E-state index contributed by atoms with van der Waals surface area (Å²) in [4.78, 5) is 12.0. The SMILES string of the molecule is CCOC(=O)c1ccc(/C=C/c2cc3c(cc2Cc2ccc(F)cc2F)C(C)(C)CCC3(C)C)cc1. The molecule has 188 valence electrons. The van der Waals surface area contributed by atoms with Crippen LogP contribution in [-0.4, -0.2) is 12.6 Å². The van der Waals surface area contributed by atoms with E-state index in [1.807, 2.05) is 24.3 Å². The molecule has 0 aromatic heterocycles. The van der Waals surface area contributed by atoms with Gasteiger partial charge in [-0.05, 0) is 82.2 Å². The minimum absolute atomic E-state index is 0.0200. The predicted molar refractivity (Wildman–Crippen MR) is 142 cm³/mol. The molecule has 0 spiro atoms. The molecule has 0 amide bonds. The van der Waals surface area contributed by atoms with Crippen molar-refractivity contribution in [3.63, 3.8) is 0 Å². The molecule has 36 heavy (non-hydrogen) atoms. The van der Waals surface area contributed by atoms with E-state index in [2.05, 4.69) is 39.8 Å². The maximum Gasteiger partial charge on any atom is 0.338 e. The molecule has 0 N–H and O–H groups in total. The van der Waals surface area contributed by atoms with E-state index in [1.54, 1.807) is 19.1 Å². The Balaban J connectivity index is 1.76. The molecule has 1 aliphatic rings. The fourth-order valence-corrected chi connectivity index (χ4v) is 4.98. The number of esters is 1. The van der Waals surface area contributed by atoms with Gasteiger partial charge in [-0.2, -0.15) is 0 Å². The second-order valence-electron chi connectivity index (χ2n) is 11.0. The Morgan fingerprint density at radius 2 is 1.50 bits per heavy atom. The van der Waals surface area contributed by atoms with Crippen LogP contribution >= 0.6 is 0 Å². The van der Waals surface area contributed by atoms with E-state index >= 15 is 0 Å². The highest BCUT2D eigenvalue weighted by atomic mass is 19.1. The van der Waals surface area contributed by atoms with Gasteiger partial charge in [-0.3, -0.25) is 0 Å². The molecule has 0 saturated heterocycles. The highest BCUT2D eigenvalue weighted by molar-refractivity contribution is 5.89. The average Bonchev–Trinajstić information content (AvgIpc) is 2.83. The topological polar surface area (TPSA) is 26.3 Å². The lowest BCUT2D eigenvalue weighted by Gasteiger charge is -2.42. The smallest absolute Gasteiger partial charge is 0.338 e. The Morgan fingerprint density at radius 1 is 0.861 bits per heavy atom. The van der Waals surface area contributed by atoms with Crippen LogP contribution in [0.5, 0.6) is 0 Å². The minimum atomic E-state index is -0.573. The van der Waals surface area contributed by atoms with Gasteiger partial charge in [0.15, 0.2) is 0 Å². The summed E-state index contributed by atoms with van der Waals surface area (Å²) >= 11 is 0. The van der Waals surface area contributed by atoms with Crippen LogP contribution in [0.15, 0.2) is 54.6 Å². The Bertz CT molecular complexity index is 1300. The fourth-order valence-electron chi connectivity index (χ4n) is 4.98. The van der Waals surface area contributed by atoms with Gasteiger partial charge in [0, 0.05) is 12.5 Å². The molecule has 0 radical (unpaired) electrons. The standard InChI is InChI=1S/C32H34F2O2/c1-6-36-30(35)22-10-7-21(8-11-22)9-12-23-18-27-28(32(4,5)16-15-31(27,2)3)19-25(23)17-24-13-14-26(33)20-29(24)34/h7-14,18-20H,6,15-17H2,1-5H3/b12-9+. The molecule has 0 bridgehead atoms. The number of fused-ring (bicyclic) bond motifs is 1. The Morgan fingerprint density at radius 3 is 2.11 bits per heavy atom. The van der Waals surface area contributed by atoms with E-state index in [1.165, 1.54) is 23.3 Å². The van der Waals surface area contributed by atoms with Gasteiger partial charge in [0.05, 0.1) is 12.2 Å². The Hall–Kier alpha value is -3.27. The third-order valence-electron chi connectivity index (χ3n) is 7.39. The van der Waals surface area contributed by atoms with Gasteiger partial charge in [-0.15, -0.1) is 0 Å². The summed E-state index contributed by atoms with van der Waals surface area (Å²) in [5.74, 6) is -1.44. The predicted octanol–water partition coefficient (Wildman–Crippen LogP) is 8.25. The van der Waals surface area contributed by atoms with Crippen LogP contribution in [0.25, 0.3) is 12.2 Å². The number of carbonyl (C=O) groups excluding carboxylic acids is 1. The first-order chi connectivity index (χ1) is 17.0. The molecule has 0 heterocycles. The van der Waals surface area contributed by atoms with Crippen molar-refractivity contribution in [3.8, 4) is 0 Å². The lowest BCUT2D eigenvalue weighted by Crippen LogP contribution is -2.34. The normalized spacial score (nSPS) is 16.1. The van der Waals surface area contributed by atoms with Crippen LogP contribution < -0.4 is 0 Å². The average molecular weight is 489 g/mol. The lowest BCUT2D eigenvalue weighted by atomic mass is 9.62. The number of halogens is 2. The maximum atomic E-state index is 14.6. The molecular formula is C32H34F2O2. The van der Waals surface area contributed by atoms with Crippen LogP contribution in [-0.2, 0) is 22.0 Å². The van der Waals surface area contributed by atoms with Crippen molar-refractivity contribution in [2.45, 2.75) is 64.7 Å². The number of rotatable bonds is 6. The monoisotopic (exact) mass is 488 g/mol. The van der Waals surface area contributed by atoms with Gasteiger partial charge in [-0.1, -0.05) is 70.2 Å². The van der Waals surface area contributed by atoms with Gasteiger partial charge in [0.1, 0.15) is 11.6 Å². The van der Waals surface area contributed by atoms with Crippen molar-refractivity contribution in [1.29, 1.82) is 0 Å². The van der Waals surface area contributed by atoms with Gasteiger partial charge >= 0.3 is 5.97 Å². The number of hydrogen-bond donors (Lipinski definition) is 0. The molecule has 0 atom stereocenters. The van der Waals surface area contributed by atoms with Crippen molar-refractivity contribution >= 4 is 18.1 Å². The largest absolute Gasteiger partial charge is 0.462 e. The van der Waals surface area contributed by atoms with Gasteiger partial charge in [0.2, 0.25) is 0 Å². The highest BCUT2D eigenvalue weighted by Gasteiger charge is 2.37. The van der Waals surface area contributed by atoms with E-state index in [-0.39, 0.29) is 16.8 Å². The number of benzene rings is 3. The molecule has 0 fully saturated rings. The molecule has 1 aliphatic carbocycles. The quantitative estimate of drug-likeness (QED) is 0.258. The highest BCUT2D eigenvalue weighted by Crippen LogP contribution is 2.47. The summed E-state index contributed by atoms with van der Waals surface area (Å²) in [7, 11) is 0. The molecule has 4 heteroatoms. The first-order valence-corrected chi connectivity index (χ1v) is 12.6. The van der Waals surface area contributed by atoms with Crippen LogP contribution in [0.1, 0.15) is 91.2 Å². The summed E-state index contributed by atoms with van der Waals surface area (Å²) in [6.45, 7) is 11.2. The van der Waals surface area contributed by atoms with Gasteiger partial charge < -0.3 is 4.74 Å². The van der Waals surface area contributed by atoms with E-state index in [4.69, 9.17) is 4.74 Å². The van der Waals surface area contributed by atoms with Gasteiger partial charge in [-0.25, -0.2) is 13.6 Å².